The highest BCUT2D eigenvalue weighted by molar-refractivity contribution is 5.77. The first-order valence-corrected chi connectivity index (χ1v) is 23.4. The van der Waals surface area contributed by atoms with Crippen LogP contribution in [0.5, 0.6) is 0 Å². The fourth-order valence-electron chi connectivity index (χ4n) is 13.5. The van der Waals surface area contributed by atoms with Crippen LogP contribution < -0.4 is 0 Å². The second kappa shape index (κ2) is 19.4. The third kappa shape index (κ3) is 8.63. The summed E-state index contributed by atoms with van der Waals surface area (Å²) in [5.74, 6) is -0.754. The van der Waals surface area contributed by atoms with E-state index in [0.29, 0.717) is 51.4 Å². The Kier molecular flexibility index (Phi) is 15.0. The van der Waals surface area contributed by atoms with Crippen molar-refractivity contribution in [2.45, 2.75) is 200 Å². The van der Waals surface area contributed by atoms with Gasteiger partial charge < -0.3 is 109 Å². The van der Waals surface area contributed by atoms with Gasteiger partial charge in [-0.25, -0.2) is 0 Å². The van der Waals surface area contributed by atoms with E-state index in [1.807, 2.05) is 6.92 Å². The molecule has 4 heterocycles. The normalized spacial score (nSPS) is 54.5. The van der Waals surface area contributed by atoms with E-state index in [1.165, 1.54) is 0 Å². The van der Waals surface area contributed by atoms with E-state index in [4.69, 9.17) is 37.9 Å². The summed E-state index contributed by atoms with van der Waals surface area (Å²) >= 11 is 0. The van der Waals surface area contributed by atoms with E-state index < -0.39 is 166 Å². The minimum atomic E-state index is -2.01. The van der Waals surface area contributed by atoms with Crippen molar-refractivity contribution < 1.29 is 114 Å². The molecule has 0 aromatic rings. The summed E-state index contributed by atoms with van der Waals surface area (Å²) in [6.45, 7) is 5.35. The first kappa shape index (κ1) is 51.7. The van der Waals surface area contributed by atoms with Gasteiger partial charge in [0, 0.05) is 0 Å². The van der Waals surface area contributed by atoms with Gasteiger partial charge in [0.1, 0.15) is 97.7 Å². The molecule has 4 saturated carbocycles. The first-order valence-electron chi connectivity index (χ1n) is 23.4. The molecule has 0 aromatic carbocycles. The van der Waals surface area contributed by atoms with Crippen LogP contribution in [0.2, 0.25) is 0 Å². The van der Waals surface area contributed by atoms with Crippen LogP contribution in [0, 0.1) is 28.1 Å². The van der Waals surface area contributed by atoms with Gasteiger partial charge in [-0.3, -0.25) is 4.79 Å². The minimum absolute atomic E-state index is 0.114. The Morgan fingerprint density at radius 1 is 0.567 bits per heavy atom. The van der Waals surface area contributed by atoms with Crippen LogP contribution in [-0.2, 0) is 42.7 Å². The van der Waals surface area contributed by atoms with Gasteiger partial charge in [0.15, 0.2) is 18.9 Å². The fraction of sp³-hybridized carbons (Fsp3) is 0.932. The number of rotatable bonds is 12. The predicted octanol–water partition coefficient (Wildman–Crippen LogP) is -5.11. The molecular formula is C44H70O23. The number of aliphatic hydroxyl groups is 14. The van der Waals surface area contributed by atoms with Crippen molar-refractivity contribution in [1.82, 2.24) is 0 Å². The van der Waals surface area contributed by atoms with Gasteiger partial charge in [-0.05, 0) is 86.5 Å². The molecule has 0 aromatic heterocycles. The van der Waals surface area contributed by atoms with Crippen molar-refractivity contribution in [3.8, 4) is 0 Å². The van der Waals surface area contributed by atoms with Crippen LogP contribution in [-0.4, -0.2) is 232 Å². The smallest absolute Gasteiger partial charge is 0.314 e. The molecule has 384 valence electrons. The lowest BCUT2D eigenvalue weighted by Crippen LogP contribution is -2.67. The van der Waals surface area contributed by atoms with Gasteiger partial charge in [0.2, 0.25) is 6.29 Å². The maximum atomic E-state index is 14.5. The topological polar surface area (TPSA) is 374 Å². The molecule has 8 unspecified atom stereocenters. The van der Waals surface area contributed by atoms with Gasteiger partial charge >= 0.3 is 5.97 Å². The predicted molar refractivity (Wildman–Crippen MR) is 219 cm³/mol. The molecule has 23 heteroatoms. The lowest BCUT2D eigenvalue weighted by molar-refractivity contribution is -0.378. The number of hydrogen-bond acceptors (Lipinski definition) is 23. The molecular weight excluding hydrogens is 896 g/mol. The van der Waals surface area contributed by atoms with Crippen LogP contribution in [0.25, 0.3) is 0 Å². The number of esters is 1. The van der Waals surface area contributed by atoms with Crippen LogP contribution in [0.15, 0.2) is 12.2 Å². The summed E-state index contributed by atoms with van der Waals surface area (Å²) in [6.07, 6.45) is -27.9. The standard InChI is InChI=1S/C44H70O23/c1-17-11-43-9-5-22-41(2,23(43)6-10-44(17,16-43)67-39-31(56)27(52)25(50)19(13-46)61-39)7-4-8-42(22,3)40(59)66-38-33(58)29(54)35(21(15-48)63-38)65-37-32(57)28(53)34(20(14-47)62-37)64-36-30(55)26(51)24(49)18(12-45)60-36/h18-39,45-58H,1,4-16H2,2-3H3/t18?,19?,20?,21?,22-,23-,24+,25+,26-,27-,28+,29+,30?,31?,32?,33?,34+,35+,36-,37-,38-,39-,41+,42+,43+,44-/m0/s1. The molecule has 26 atom stereocenters. The molecule has 67 heavy (non-hydrogen) atoms. The molecule has 14 N–H and O–H groups in total. The summed E-state index contributed by atoms with van der Waals surface area (Å²) < 4.78 is 46.5. The zero-order valence-electron chi connectivity index (χ0n) is 37.5. The van der Waals surface area contributed by atoms with Gasteiger partial charge in [-0.2, -0.15) is 0 Å². The lowest BCUT2D eigenvalue weighted by Gasteiger charge is -2.64. The van der Waals surface area contributed by atoms with E-state index >= 15 is 0 Å². The van der Waals surface area contributed by atoms with Crippen molar-refractivity contribution in [1.29, 1.82) is 0 Å². The van der Waals surface area contributed by atoms with Crippen molar-refractivity contribution >= 4 is 5.97 Å². The van der Waals surface area contributed by atoms with Crippen LogP contribution in [0.4, 0.5) is 0 Å². The Morgan fingerprint density at radius 3 is 1.58 bits per heavy atom. The maximum absolute atomic E-state index is 14.5. The summed E-state index contributed by atoms with van der Waals surface area (Å²) in [5, 5.41) is 147. The Balaban J connectivity index is 0.915. The Bertz CT molecular complexity index is 1750. The molecule has 8 fully saturated rings. The number of carbonyl (C=O) groups is 1. The molecule has 4 aliphatic carbocycles. The summed E-state index contributed by atoms with van der Waals surface area (Å²) in [5.41, 5.74) is -1.79. The quantitative estimate of drug-likeness (QED) is 0.0494. The fourth-order valence-corrected chi connectivity index (χ4v) is 13.5. The van der Waals surface area contributed by atoms with Crippen molar-refractivity contribution in [2.24, 2.45) is 28.1 Å². The Labute approximate surface area is 386 Å². The average Bonchev–Trinajstić information content (AvgIpc) is 3.50. The average molecular weight is 967 g/mol. The molecule has 23 nitrogen and oxygen atoms in total. The van der Waals surface area contributed by atoms with Crippen molar-refractivity contribution in [3.63, 3.8) is 0 Å². The number of fused-ring (bicyclic) bond motifs is 3. The monoisotopic (exact) mass is 966 g/mol. The SMILES string of the molecule is C=C1C[C@@]23CC[C@H]4[C@@](C)(CCC[C@@]4(C)C(=O)O[C@@H]4OC(CO)[C@@H](O[C@@H]5OC(CO)[C@@H](O[C@@H]6OC(CO)[C@@H](O)[C@H](O)C6O)[C@H](O)C5O)[C@H](O)C4O)[C@@H]2CC[C@]1(O[C@@H]1OC(CO)[C@@H](O)[C@H](O)C1O)C3. The molecule has 2 bridgehead atoms. The molecule has 0 radical (unpaired) electrons. The number of hydrogen-bond donors (Lipinski definition) is 14. The largest absolute Gasteiger partial charge is 0.432 e. The van der Waals surface area contributed by atoms with E-state index in [1.54, 1.807) is 0 Å². The van der Waals surface area contributed by atoms with E-state index in [-0.39, 0.29) is 22.7 Å². The van der Waals surface area contributed by atoms with E-state index in [2.05, 4.69) is 13.5 Å². The molecule has 0 amide bonds. The second-order valence-corrected chi connectivity index (χ2v) is 20.8. The Morgan fingerprint density at radius 2 is 1.03 bits per heavy atom. The zero-order valence-corrected chi connectivity index (χ0v) is 37.5. The van der Waals surface area contributed by atoms with Crippen LogP contribution in [0.3, 0.4) is 0 Å². The number of carbonyl (C=O) groups excluding carboxylic acids is 1. The van der Waals surface area contributed by atoms with Gasteiger partial charge in [-0.15, -0.1) is 0 Å². The van der Waals surface area contributed by atoms with E-state index in [0.717, 1.165) is 12.0 Å². The van der Waals surface area contributed by atoms with Crippen molar-refractivity contribution in [3.05, 3.63) is 12.2 Å². The third-order valence-electron chi connectivity index (χ3n) is 17.1. The molecule has 8 aliphatic rings. The highest BCUT2D eigenvalue weighted by atomic mass is 16.8. The van der Waals surface area contributed by atoms with Gasteiger partial charge in [-0.1, -0.05) is 19.9 Å². The molecule has 4 aliphatic heterocycles. The van der Waals surface area contributed by atoms with Gasteiger partial charge in [0.05, 0.1) is 37.4 Å². The third-order valence-corrected chi connectivity index (χ3v) is 17.1. The number of aliphatic hydroxyl groups excluding tert-OH is 14. The molecule has 4 saturated heterocycles. The number of ether oxygens (including phenoxy) is 8. The van der Waals surface area contributed by atoms with Crippen molar-refractivity contribution in [2.75, 3.05) is 26.4 Å². The molecule has 8 rings (SSSR count). The second-order valence-electron chi connectivity index (χ2n) is 20.8. The van der Waals surface area contributed by atoms with Crippen LogP contribution in [0.1, 0.15) is 71.6 Å². The first-order chi connectivity index (χ1) is 31.6. The summed E-state index contributed by atoms with van der Waals surface area (Å²) in [7, 11) is 0. The minimum Gasteiger partial charge on any atom is -0.432 e. The van der Waals surface area contributed by atoms with E-state index in [9.17, 15) is 76.3 Å². The Hall–Kier alpha value is -1.63. The summed E-state index contributed by atoms with van der Waals surface area (Å²) in [4.78, 5) is 14.5. The zero-order chi connectivity index (χ0) is 48.7. The summed E-state index contributed by atoms with van der Waals surface area (Å²) in [6, 6.07) is 0. The highest BCUT2D eigenvalue weighted by Crippen LogP contribution is 2.73. The lowest BCUT2D eigenvalue weighted by atomic mass is 9.41. The van der Waals surface area contributed by atoms with Crippen LogP contribution >= 0.6 is 0 Å². The maximum Gasteiger partial charge on any atom is 0.314 e. The highest BCUT2D eigenvalue weighted by Gasteiger charge is 2.69. The van der Waals surface area contributed by atoms with Gasteiger partial charge in [0.25, 0.3) is 0 Å². The molecule has 1 spiro atoms.